The lowest BCUT2D eigenvalue weighted by atomic mass is 9.98. The second-order valence-corrected chi connectivity index (χ2v) is 4.20. The van der Waals surface area contributed by atoms with Crippen LogP contribution in [0.25, 0.3) is 0 Å². The van der Waals surface area contributed by atoms with Gasteiger partial charge in [0.1, 0.15) is 5.76 Å². The van der Waals surface area contributed by atoms with Gasteiger partial charge in [-0.2, -0.15) is 0 Å². The van der Waals surface area contributed by atoms with E-state index in [1.165, 1.54) is 12.8 Å². The van der Waals surface area contributed by atoms with Gasteiger partial charge in [-0.1, -0.05) is 0 Å². The Hall–Kier alpha value is -0.830. The van der Waals surface area contributed by atoms with E-state index in [1.807, 2.05) is 0 Å². The molecule has 2 aliphatic rings. The minimum atomic E-state index is 0.296. The second-order valence-electron chi connectivity index (χ2n) is 4.20. The van der Waals surface area contributed by atoms with E-state index in [0.717, 1.165) is 36.6 Å². The highest BCUT2D eigenvalue weighted by Gasteiger charge is 2.31. The molecule has 1 aromatic rings. The third-order valence-corrected chi connectivity index (χ3v) is 2.92. The van der Waals surface area contributed by atoms with Gasteiger partial charge >= 0.3 is 0 Å². The van der Waals surface area contributed by atoms with Crippen molar-refractivity contribution in [2.75, 3.05) is 0 Å². The number of nitrogens with two attached hydrogens (primary N) is 1. The maximum absolute atomic E-state index is 5.87. The molecule has 1 unspecified atom stereocenters. The highest BCUT2D eigenvalue weighted by atomic mass is 16.4. The van der Waals surface area contributed by atoms with Gasteiger partial charge in [-0.05, 0) is 19.3 Å². The number of fused-ring (bicyclic) bond motifs is 1. The summed E-state index contributed by atoms with van der Waals surface area (Å²) in [5, 5.41) is 0. The van der Waals surface area contributed by atoms with Crippen LogP contribution in [0, 0.1) is 0 Å². The molecule has 2 aliphatic carbocycles. The van der Waals surface area contributed by atoms with Crippen LogP contribution in [0.5, 0.6) is 0 Å². The van der Waals surface area contributed by atoms with Gasteiger partial charge in [0.25, 0.3) is 0 Å². The summed E-state index contributed by atoms with van der Waals surface area (Å²) in [4.78, 5) is 4.52. The smallest absolute Gasteiger partial charge is 0.197 e. The Kier molecular flexibility index (Phi) is 1.50. The van der Waals surface area contributed by atoms with Crippen LogP contribution in [0.15, 0.2) is 4.42 Å². The van der Waals surface area contributed by atoms with Gasteiger partial charge in [-0.15, -0.1) is 0 Å². The Morgan fingerprint density at radius 2 is 2.15 bits per heavy atom. The van der Waals surface area contributed by atoms with Gasteiger partial charge in [0.2, 0.25) is 0 Å². The van der Waals surface area contributed by atoms with Crippen molar-refractivity contribution in [1.82, 2.24) is 4.98 Å². The summed E-state index contributed by atoms with van der Waals surface area (Å²) in [6.07, 6.45) is 5.45. The molecule has 1 atom stereocenters. The minimum absolute atomic E-state index is 0.296. The summed E-state index contributed by atoms with van der Waals surface area (Å²) in [5.74, 6) is 2.70. The number of rotatable bonds is 1. The fourth-order valence-corrected chi connectivity index (χ4v) is 1.93. The molecule has 1 saturated carbocycles. The van der Waals surface area contributed by atoms with Gasteiger partial charge in [0.05, 0.1) is 5.69 Å². The average molecular weight is 178 g/mol. The summed E-state index contributed by atoms with van der Waals surface area (Å²) >= 11 is 0. The van der Waals surface area contributed by atoms with Gasteiger partial charge in [-0.25, -0.2) is 4.98 Å². The van der Waals surface area contributed by atoms with Crippen molar-refractivity contribution in [2.45, 2.75) is 44.1 Å². The highest BCUT2D eigenvalue weighted by molar-refractivity contribution is 5.18. The minimum Gasteiger partial charge on any atom is -0.445 e. The van der Waals surface area contributed by atoms with Gasteiger partial charge in [-0.3, -0.25) is 0 Å². The van der Waals surface area contributed by atoms with Crippen LogP contribution in [0.1, 0.15) is 42.5 Å². The van der Waals surface area contributed by atoms with Crippen LogP contribution < -0.4 is 5.73 Å². The van der Waals surface area contributed by atoms with Crippen LogP contribution >= 0.6 is 0 Å². The zero-order valence-electron chi connectivity index (χ0n) is 7.62. The van der Waals surface area contributed by atoms with E-state index in [0.29, 0.717) is 12.0 Å². The molecule has 0 spiro atoms. The molecule has 0 aliphatic heterocycles. The van der Waals surface area contributed by atoms with Gasteiger partial charge in [0, 0.05) is 24.8 Å². The quantitative estimate of drug-likeness (QED) is 0.706. The molecule has 0 radical (unpaired) electrons. The van der Waals surface area contributed by atoms with Crippen molar-refractivity contribution in [1.29, 1.82) is 0 Å². The van der Waals surface area contributed by atoms with E-state index in [-0.39, 0.29) is 0 Å². The third kappa shape index (κ3) is 1.27. The van der Waals surface area contributed by atoms with E-state index in [1.54, 1.807) is 0 Å². The molecule has 1 heterocycles. The zero-order valence-corrected chi connectivity index (χ0v) is 7.62. The maximum atomic E-state index is 5.87. The van der Waals surface area contributed by atoms with Crippen molar-refractivity contribution in [3.05, 3.63) is 17.3 Å². The van der Waals surface area contributed by atoms with E-state index in [4.69, 9.17) is 10.2 Å². The van der Waals surface area contributed by atoms with Crippen LogP contribution in [0.3, 0.4) is 0 Å². The Bertz CT molecular complexity index is 328. The molecule has 0 aromatic carbocycles. The predicted molar refractivity (Wildman–Crippen MR) is 48.5 cm³/mol. The first-order chi connectivity index (χ1) is 6.33. The monoisotopic (exact) mass is 178 g/mol. The molecule has 13 heavy (non-hydrogen) atoms. The van der Waals surface area contributed by atoms with Crippen molar-refractivity contribution >= 4 is 0 Å². The average Bonchev–Trinajstić information content (AvgIpc) is 2.87. The lowest BCUT2D eigenvalue weighted by Gasteiger charge is -2.14. The van der Waals surface area contributed by atoms with E-state index in [2.05, 4.69) is 4.98 Å². The van der Waals surface area contributed by atoms with Crippen molar-refractivity contribution in [2.24, 2.45) is 5.73 Å². The Morgan fingerprint density at radius 3 is 2.92 bits per heavy atom. The summed E-state index contributed by atoms with van der Waals surface area (Å²) in [6, 6.07) is 0.296. The molecule has 0 saturated heterocycles. The molecule has 3 rings (SSSR count). The fraction of sp³-hybridized carbons (Fsp3) is 0.700. The molecule has 1 fully saturated rings. The molecular formula is C10H14N2O. The summed E-state index contributed by atoms with van der Waals surface area (Å²) in [7, 11) is 0. The first-order valence-corrected chi connectivity index (χ1v) is 5.07. The summed E-state index contributed by atoms with van der Waals surface area (Å²) < 4.78 is 5.71. The SMILES string of the molecule is NC1CCc2oc(C3CC3)nc2C1. The number of nitrogens with zero attached hydrogens (tertiary/aromatic N) is 1. The molecule has 2 N–H and O–H groups in total. The molecular weight excluding hydrogens is 164 g/mol. The zero-order chi connectivity index (χ0) is 8.84. The van der Waals surface area contributed by atoms with Gasteiger partial charge < -0.3 is 10.2 Å². The normalized spacial score (nSPS) is 27.3. The largest absolute Gasteiger partial charge is 0.445 e. The molecule has 3 nitrogen and oxygen atoms in total. The second kappa shape index (κ2) is 2.58. The Balaban J connectivity index is 1.93. The standard InChI is InChI=1S/C10H14N2O/c11-7-3-4-9-8(5-7)12-10(13-9)6-1-2-6/h6-7H,1-5,11H2. The van der Waals surface area contributed by atoms with Crippen LogP contribution in [-0.4, -0.2) is 11.0 Å². The van der Waals surface area contributed by atoms with Crippen molar-refractivity contribution in [3.8, 4) is 0 Å². The number of aromatic nitrogens is 1. The number of hydrogen-bond donors (Lipinski definition) is 1. The molecule has 70 valence electrons. The number of hydrogen-bond acceptors (Lipinski definition) is 3. The summed E-state index contributed by atoms with van der Waals surface area (Å²) in [5.41, 5.74) is 6.99. The highest BCUT2D eigenvalue weighted by Crippen LogP contribution is 2.40. The lowest BCUT2D eigenvalue weighted by Crippen LogP contribution is -2.27. The first kappa shape index (κ1) is 7.56. The molecule has 0 amide bonds. The molecule has 3 heteroatoms. The Morgan fingerprint density at radius 1 is 1.31 bits per heavy atom. The topological polar surface area (TPSA) is 52.0 Å². The first-order valence-electron chi connectivity index (χ1n) is 5.07. The van der Waals surface area contributed by atoms with E-state index in [9.17, 15) is 0 Å². The summed E-state index contributed by atoms with van der Waals surface area (Å²) in [6.45, 7) is 0. The lowest BCUT2D eigenvalue weighted by molar-refractivity contribution is 0.428. The van der Waals surface area contributed by atoms with Crippen LogP contribution in [0.2, 0.25) is 0 Å². The molecule has 1 aromatic heterocycles. The van der Waals surface area contributed by atoms with Crippen molar-refractivity contribution in [3.63, 3.8) is 0 Å². The fourth-order valence-electron chi connectivity index (χ4n) is 1.93. The Labute approximate surface area is 77.3 Å². The predicted octanol–water partition coefficient (Wildman–Crippen LogP) is 1.37. The maximum Gasteiger partial charge on any atom is 0.197 e. The number of aryl methyl sites for hydroxylation is 1. The van der Waals surface area contributed by atoms with E-state index >= 15 is 0 Å². The van der Waals surface area contributed by atoms with E-state index < -0.39 is 0 Å². The van der Waals surface area contributed by atoms with Crippen molar-refractivity contribution < 1.29 is 4.42 Å². The van der Waals surface area contributed by atoms with Crippen LogP contribution in [0.4, 0.5) is 0 Å². The van der Waals surface area contributed by atoms with Gasteiger partial charge in [0.15, 0.2) is 5.89 Å². The third-order valence-electron chi connectivity index (χ3n) is 2.92. The molecule has 0 bridgehead atoms. The number of oxazole rings is 1. The van der Waals surface area contributed by atoms with Crippen LogP contribution in [-0.2, 0) is 12.8 Å².